The lowest BCUT2D eigenvalue weighted by Crippen LogP contribution is -2.38. The van der Waals surface area contributed by atoms with E-state index in [1.54, 1.807) is 0 Å². The van der Waals surface area contributed by atoms with E-state index in [9.17, 15) is 14.9 Å². The number of nitriles is 1. The number of carbonyl (C=O) groups excluding carboxylic acids is 2. The summed E-state index contributed by atoms with van der Waals surface area (Å²) in [5.74, 6) is -0.446. The Labute approximate surface area is 141 Å². The number of rotatable bonds is 5. The van der Waals surface area contributed by atoms with E-state index >= 15 is 0 Å². The maximum absolute atomic E-state index is 11.6. The van der Waals surface area contributed by atoms with Crippen LogP contribution in [0.15, 0.2) is 36.4 Å². The number of carbonyl (C=O) groups is 2. The van der Waals surface area contributed by atoms with E-state index in [-0.39, 0.29) is 5.91 Å². The normalized spacial score (nSPS) is 15.1. The number of amides is 1. The number of methoxy groups -OCH3 is 1. The number of ether oxygens (including phenoxy) is 1. The second-order valence-corrected chi connectivity index (χ2v) is 5.66. The third-order valence-electron chi connectivity index (χ3n) is 4.12. The van der Waals surface area contributed by atoms with Gasteiger partial charge < -0.3 is 15.0 Å². The fraction of sp³-hybridized carbons (Fsp3) is 0.389. The Hall–Kier alpha value is -2.81. The lowest BCUT2D eigenvalue weighted by molar-refractivity contribution is -0.135. The third-order valence-corrected chi connectivity index (χ3v) is 4.12. The number of esters is 1. The Balaban J connectivity index is 1.79. The summed E-state index contributed by atoms with van der Waals surface area (Å²) in [6, 6.07) is 9.84. The monoisotopic (exact) mass is 327 g/mol. The highest BCUT2D eigenvalue weighted by Gasteiger charge is 2.21. The average Bonchev–Trinajstić information content (AvgIpc) is 2.64. The summed E-state index contributed by atoms with van der Waals surface area (Å²) >= 11 is 0. The number of nitrogens with one attached hydrogen (secondary N) is 1. The summed E-state index contributed by atoms with van der Waals surface area (Å²) in [5.41, 5.74) is 1.67. The molecule has 0 unspecified atom stereocenters. The Kier molecular flexibility index (Phi) is 6.38. The molecule has 0 saturated carbocycles. The minimum absolute atomic E-state index is 0.294. The van der Waals surface area contributed by atoms with E-state index in [2.05, 4.69) is 21.0 Å². The van der Waals surface area contributed by atoms with Crippen molar-refractivity contribution >= 4 is 17.6 Å². The van der Waals surface area contributed by atoms with Gasteiger partial charge in [-0.2, -0.15) is 5.26 Å². The van der Waals surface area contributed by atoms with Gasteiger partial charge in [-0.3, -0.25) is 4.79 Å². The quantitative estimate of drug-likeness (QED) is 0.656. The van der Waals surface area contributed by atoms with Gasteiger partial charge in [0.25, 0.3) is 0 Å². The smallest absolute Gasteiger partial charge is 0.330 e. The van der Waals surface area contributed by atoms with E-state index in [0.29, 0.717) is 18.0 Å². The molecular formula is C18H21N3O3. The minimum atomic E-state index is -0.547. The Bertz CT molecular complexity index is 656. The van der Waals surface area contributed by atoms with Crippen molar-refractivity contribution in [3.05, 3.63) is 42.0 Å². The fourth-order valence-electron chi connectivity index (χ4n) is 2.74. The molecule has 0 aliphatic carbocycles. The van der Waals surface area contributed by atoms with Crippen LogP contribution in [0.2, 0.25) is 0 Å². The van der Waals surface area contributed by atoms with E-state index in [4.69, 9.17) is 0 Å². The Morgan fingerprint density at radius 1 is 1.33 bits per heavy atom. The van der Waals surface area contributed by atoms with E-state index in [1.807, 2.05) is 24.3 Å². The number of nitrogens with zero attached hydrogens (tertiary/aromatic N) is 2. The molecule has 1 aromatic rings. The van der Waals surface area contributed by atoms with Gasteiger partial charge in [-0.1, -0.05) is 12.1 Å². The molecule has 1 N–H and O–H groups in total. The van der Waals surface area contributed by atoms with Gasteiger partial charge in [0.05, 0.1) is 18.4 Å². The number of anilines is 1. The summed E-state index contributed by atoms with van der Waals surface area (Å²) < 4.78 is 4.43. The number of para-hydroxylation sites is 1. The molecule has 1 amide bonds. The van der Waals surface area contributed by atoms with E-state index < -0.39 is 5.97 Å². The van der Waals surface area contributed by atoms with Crippen molar-refractivity contribution in [2.75, 3.05) is 31.6 Å². The number of benzene rings is 1. The molecule has 1 heterocycles. The summed E-state index contributed by atoms with van der Waals surface area (Å²) in [7, 11) is 1.27. The molecule has 0 aromatic heterocycles. The molecule has 0 spiro atoms. The van der Waals surface area contributed by atoms with Gasteiger partial charge in [0.2, 0.25) is 5.91 Å². The largest absolute Gasteiger partial charge is 0.466 e. The van der Waals surface area contributed by atoms with Crippen molar-refractivity contribution in [1.29, 1.82) is 5.26 Å². The predicted molar refractivity (Wildman–Crippen MR) is 90.3 cm³/mol. The maximum atomic E-state index is 11.6. The molecule has 1 aliphatic rings. The van der Waals surface area contributed by atoms with Crippen LogP contribution in [-0.2, 0) is 14.3 Å². The van der Waals surface area contributed by atoms with Crippen LogP contribution in [0.1, 0.15) is 18.4 Å². The van der Waals surface area contributed by atoms with Gasteiger partial charge in [-0.15, -0.1) is 0 Å². The zero-order valence-corrected chi connectivity index (χ0v) is 13.7. The Morgan fingerprint density at radius 2 is 2.04 bits per heavy atom. The van der Waals surface area contributed by atoms with Crippen LogP contribution in [0.4, 0.5) is 5.69 Å². The van der Waals surface area contributed by atoms with Crippen LogP contribution in [0.3, 0.4) is 0 Å². The van der Waals surface area contributed by atoms with Crippen molar-refractivity contribution in [3.8, 4) is 6.07 Å². The molecule has 0 radical (unpaired) electrons. The van der Waals surface area contributed by atoms with Gasteiger partial charge in [0, 0.05) is 31.8 Å². The highest BCUT2D eigenvalue weighted by molar-refractivity contribution is 5.94. The topological polar surface area (TPSA) is 82.4 Å². The molecule has 6 heteroatoms. The molecule has 0 atom stereocenters. The summed E-state index contributed by atoms with van der Waals surface area (Å²) in [6.07, 6.45) is 4.18. The highest BCUT2D eigenvalue weighted by Crippen LogP contribution is 2.25. The van der Waals surface area contributed by atoms with Gasteiger partial charge in [0.15, 0.2) is 0 Å². The third kappa shape index (κ3) is 4.85. The standard InChI is InChI=1S/C18H21N3O3/c1-24-18(23)7-6-17(22)20-13-14-8-10-21(11-9-14)16-5-3-2-4-15(16)12-19/h2-7,14H,8-11,13H2,1H3,(H,20,22)/b7-6+. The van der Waals surface area contributed by atoms with Crippen LogP contribution < -0.4 is 10.2 Å². The van der Waals surface area contributed by atoms with Crippen molar-refractivity contribution < 1.29 is 14.3 Å². The van der Waals surface area contributed by atoms with Gasteiger partial charge in [-0.05, 0) is 30.9 Å². The van der Waals surface area contributed by atoms with Crippen LogP contribution >= 0.6 is 0 Å². The van der Waals surface area contributed by atoms with E-state index in [1.165, 1.54) is 13.2 Å². The molecule has 1 fully saturated rings. The van der Waals surface area contributed by atoms with Crippen LogP contribution in [0.5, 0.6) is 0 Å². The molecule has 2 rings (SSSR count). The summed E-state index contributed by atoms with van der Waals surface area (Å²) in [5, 5.41) is 12.0. The second kappa shape index (κ2) is 8.73. The number of hydrogen-bond acceptors (Lipinski definition) is 5. The second-order valence-electron chi connectivity index (χ2n) is 5.66. The highest BCUT2D eigenvalue weighted by atomic mass is 16.5. The average molecular weight is 327 g/mol. The first-order valence-electron chi connectivity index (χ1n) is 7.92. The first-order chi connectivity index (χ1) is 11.6. The Morgan fingerprint density at radius 3 is 2.71 bits per heavy atom. The zero-order valence-electron chi connectivity index (χ0n) is 13.7. The molecule has 1 aromatic carbocycles. The first-order valence-corrected chi connectivity index (χ1v) is 7.92. The SMILES string of the molecule is COC(=O)/C=C/C(=O)NCC1CCN(c2ccccc2C#N)CC1. The predicted octanol–water partition coefficient (Wildman–Crippen LogP) is 1.62. The van der Waals surface area contributed by atoms with Crippen LogP contribution in [-0.4, -0.2) is 38.6 Å². The lowest BCUT2D eigenvalue weighted by Gasteiger charge is -2.34. The molecule has 1 saturated heterocycles. The molecule has 6 nitrogen and oxygen atoms in total. The summed E-state index contributed by atoms with van der Waals surface area (Å²) in [6.45, 7) is 2.30. The first kappa shape index (κ1) is 17.5. The van der Waals surface area contributed by atoms with Crippen molar-refractivity contribution in [2.45, 2.75) is 12.8 Å². The van der Waals surface area contributed by atoms with Gasteiger partial charge >= 0.3 is 5.97 Å². The molecule has 126 valence electrons. The van der Waals surface area contributed by atoms with Crippen LogP contribution in [0, 0.1) is 17.2 Å². The molecule has 1 aliphatic heterocycles. The maximum Gasteiger partial charge on any atom is 0.330 e. The van der Waals surface area contributed by atoms with Crippen LogP contribution in [0.25, 0.3) is 0 Å². The molecule has 0 bridgehead atoms. The zero-order chi connectivity index (χ0) is 17.4. The summed E-state index contributed by atoms with van der Waals surface area (Å²) in [4.78, 5) is 24.8. The van der Waals surface area contributed by atoms with Crippen molar-refractivity contribution in [1.82, 2.24) is 5.32 Å². The minimum Gasteiger partial charge on any atom is -0.466 e. The number of hydrogen-bond donors (Lipinski definition) is 1. The van der Waals surface area contributed by atoms with Crippen molar-refractivity contribution in [2.24, 2.45) is 5.92 Å². The molecule has 24 heavy (non-hydrogen) atoms. The van der Waals surface area contributed by atoms with Gasteiger partial charge in [-0.25, -0.2) is 4.79 Å². The van der Waals surface area contributed by atoms with E-state index in [0.717, 1.165) is 37.7 Å². The molecular weight excluding hydrogens is 306 g/mol. The lowest BCUT2D eigenvalue weighted by atomic mass is 9.96. The fourth-order valence-corrected chi connectivity index (χ4v) is 2.74. The number of piperidine rings is 1. The van der Waals surface area contributed by atoms with Crippen molar-refractivity contribution in [3.63, 3.8) is 0 Å². The van der Waals surface area contributed by atoms with Gasteiger partial charge in [0.1, 0.15) is 6.07 Å².